The number of ether oxygens (including phenoxy) is 2. The van der Waals surface area contributed by atoms with E-state index in [1.165, 1.54) is 10.4 Å². The van der Waals surface area contributed by atoms with Gasteiger partial charge in [0.25, 0.3) is 0 Å². The van der Waals surface area contributed by atoms with Crippen LogP contribution in [0.4, 0.5) is 0 Å². The van der Waals surface area contributed by atoms with Gasteiger partial charge in [0.2, 0.25) is 5.91 Å². The molecule has 0 bridgehead atoms. The minimum Gasteiger partial charge on any atom is -0.491 e. The zero-order valence-electron chi connectivity index (χ0n) is 15.4. The van der Waals surface area contributed by atoms with Gasteiger partial charge in [-0.3, -0.25) is 4.79 Å². The zero-order valence-corrected chi connectivity index (χ0v) is 16.2. The average molecular weight is 387 g/mol. The highest BCUT2D eigenvalue weighted by Gasteiger charge is 2.32. The standard InChI is InChI=1S/C21H26N2O3S/c24-21(14-22-13-17-7-4-11-25-17)23-10-8-20-18(9-12-27-20)19(23)15-26-16-5-2-1-3-6-16/h1-3,5-6,9,12,17,19,22H,4,7-8,10-11,13-15H2. The Hall–Kier alpha value is -1.89. The Morgan fingerprint density at radius 2 is 2.19 bits per heavy atom. The maximum Gasteiger partial charge on any atom is 0.237 e. The lowest BCUT2D eigenvalue weighted by Gasteiger charge is -2.36. The van der Waals surface area contributed by atoms with Gasteiger partial charge in [-0.25, -0.2) is 0 Å². The van der Waals surface area contributed by atoms with Crippen molar-refractivity contribution in [3.8, 4) is 5.75 Å². The molecule has 2 aliphatic rings. The molecule has 144 valence electrons. The van der Waals surface area contributed by atoms with Crippen molar-refractivity contribution >= 4 is 17.2 Å². The predicted molar refractivity (Wildman–Crippen MR) is 106 cm³/mol. The second-order valence-corrected chi connectivity index (χ2v) is 8.04. The average Bonchev–Trinajstić information content (AvgIpc) is 3.38. The number of nitrogens with one attached hydrogen (secondary N) is 1. The lowest BCUT2D eigenvalue weighted by Crippen LogP contribution is -2.46. The highest BCUT2D eigenvalue weighted by atomic mass is 32.1. The largest absolute Gasteiger partial charge is 0.491 e. The summed E-state index contributed by atoms with van der Waals surface area (Å²) in [6.07, 6.45) is 3.37. The number of thiophene rings is 1. The van der Waals surface area contributed by atoms with E-state index < -0.39 is 0 Å². The molecule has 1 fully saturated rings. The van der Waals surface area contributed by atoms with Crippen molar-refractivity contribution in [2.24, 2.45) is 0 Å². The van der Waals surface area contributed by atoms with Crippen molar-refractivity contribution in [1.29, 1.82) is 0 Å². The molecule has 1 aromatic carbocycles. The lowest BCUT2D eigenvalue weighted by atomic mass is 10.0. The summed E-state index contributed by atoms with van der Waals surface area (Å²) in [6, 6.07) is 11.9. The van der Waals surface area contributed by atoms with Crippen molar-refractivity contribution in [3.63, 3.8) is 0 Å². The molecule has 0 spiro atoms. The van der Waals surface area contributed by atoms with Crippen LogP contribution in [0.5, 0.6) is 5.75 Å². The van der Waals surface area contributed by atoms with Gasteiger partial charge in [-0.1, -0.05) is 18.2 Å². The van der Waals surface area contributed by atoms with Crippen LogP contribution in [0.3, 0.4) is 0 Å². The molecule has 4 rings (SSSR count). The van der Waals surface area contributed by atoms with E-state index in [2.05, 4.69) is 16.8 Å². The highest BCUT2D eigenvalue weighted by molar-refractivity contribution is 7.10. The van der Waals surface area contributed by atoms with Crippen molar-refractivity contribution in [1.82, 2.24) is 10.2 Å². The first-order chi connectivity index (χ1) is 13.3. The summed E-state index contributed by atoms with van der Waals surface area (Å²) >= 11 is 1.77. The number of hydrogen-bond donors (Lipinski definition) is 1. The Morgan fingerprint density at radius 1 is 1.30 bits per heavy atom. The first kappa shape index (κ1) is 18.5. The Morgan fingerprint density at radius 3 is 3.00 bits per heavy atom. The number of para-hydroxylation sites is 1. The van der Waals surface area contributed by atoms with Gasteiger partial charge in [0.15, 0.2) is 0 Å². The molecule has 0 aliphatic carbocycles. The summed E-state index contributed by atoms with van der Waals surface area (Å²) < 4.78 is 11.6. The molecule has 6 heteroatoms. The summed E-state index contributed by atoms with van der Waals surface area (Å²) in [5.74, 6) is 0.968. The normalized spacial score (nSPS) is 21.9. The summed E-state index contributed by atoms with van der Waals surface area (Å²) in [7, 11) is 0. The summed E-state index contributed by atoms with van der Waals surface area (Å²) in [5.41, 5.74) is 1.23. The van der Waals surface area contributed by atoms with E-state index in [4.69, 9.17) is 9.47 Å². The van der Waals surface area contributed by atoms with Gasteiger partial charge >= 0.3 is 0 Å². The summed E-state index contributed by atoms with van der Waals surface area (Å²) in [4.78, 5) is 16.2. The molecule has 0 radical (unpaired) electrons. The lowest BCUT2D eigenvalue weighted by molar-refractivity contribution is -0.134. The SMILES string of the molecule is O=C(CNCC1CCCO1)N1CCc2sccc2C1COc1ccccc1. The van der Waals surface area contributed by atoms with E-state index in [1.54, 1.807) is 11.3 Å². The molecule has 1 aromatic heterocycles. The van der Waals surface area contributed by atoms with Gasteiger partial charge in [-0.15, -0.1) is 11.3 Å². The molecule has 1 saturated heterocycles. The fourth-order valence-corrected chi connectivity index (χ4v) is 4.74. The second-order valence-electron chi connectivity index (χ2n) is 7.04. The van der Waals surface area contributed by atoms with E-state index >= 15 is 0 Å². The van der Waals surface area contributed by atoms with Gasteiger partial charge < -0.3 is 19.7 Å². The number of carbonyl (C=O) groups excluding carboxylic acids is 1. The van der Waals surface area contributed by atoms with Crippen LogP contribution in [0.1, 0.15) is 29.3 Å². The number of hydrogen-bond acceptors (Lipinski definition) is 5. The van der Waals surface area contributed by atoms with Crippen molar-refractivity contribution in [3.05, 3.63) is 52.2 Å². The van der Waals surface area contributed by atoms with Crippen LogP contribution in [0.2, 0.25) is 0 Å². The monoisotopic (exact) mass is 386 g/mol. The first-order valence-corrected chi connectivity index (χ1v) is 10.5. The van der Waals surface area contributed by atoms with E-state index in [-0.39, 0.29) is 18.1 Å². The molecular weight excluding hydrogens is 360 g/mol. The minimum atomic E-state index is -0.0303. The van der Waals surface area contributed by atoms with E-state index in [0.29, 0.717) is 13.2 Å². The summed E-state index contributed by atoms with van der Waals surface area (Å²) in [5, 5.41) is 5.40. The van der Waals surface area contributed by atoms with E-state index in [9.17, 15) is 4.79 Å². The number of amides is 1. The van der Waals surface area contributed by atoms with Crippen LogP contribution < -0.4 is 10.1 Å². The Balaban J connectivity index is 1.39. The van der Waals surface area contributed by atoms with Crippen LogP contribution in [-0.2, 0) is 16.0 Å². The van der Waals surface area contributed by atoms with Crippen LogP contribution in [0.15, 0.2) is 41.8 Å². The smallest absolute Gasteiger partial charge is 0.237 e. The van der Waals surface area contributed by atoms with Crippen LogP contribution in [0.25, 0.3) is 0 Å². The number of benzene rings is 1. The molecule has 2 aliphatic heterocycles. The molecule has 2 atom stereocenters. The maximum absolute atomic E-state index is 12.9. The molecular formula is C21H26N2O3S. The highest BCUT2D eigenvalue weighted by Crippen LogP contribution is 2.33. The van der Waals surface area contributed by atoms with Gasteiger partial charge in [-0.2, -0.15) is 0 Å². The van der Waals surface area contributed by atoms with Crippen molar-refractivity contribution in [2.45, 2.75) is 31.4 Å². The molecule has 3 heterocycles. The predicted octanol–water partition coefficient (Wildman–Crippen LogP) is 3.02. The molecule has 2 aromatic rings. The van der Waals surface area contributed by atoms with Crippen LogP contribution in [0, 0.1) is 0 Å². The zero-order chi connectivity index (χ0) is 18.5. The molecule has 2 unspecified atom stereocenters. The third-order valence-corrected chi connectivity index (χ3v) is 6.24. The van der Waals surface area contributed by atoms with Crippen molar-refractivity contribution in [2.75, 3.05) is 32.8 Å². The fraction of sp³-hybridized carbons (Fsp3) is 0.476. The Bertz CT molecular complexity index is 743. The van der Waals surface area contributed by atoms with Gasteiger partial charge in [0.05, 0.1) is 18.7 Å². The van der Waals surface area contributed by atoms with E-state index in [0.717, 1.165) is 44.7 Å². The number of fused-ring (bicyclic) bond motifs is 1. The quantitative estimate of drug-likeness (QED) is 0.795. The topological polar surface area (TPSA) is 50.8 Å². The summed E-state index contributed by atoms with van der Waals surface area (Å²) in [6.45, 7) is 3.16. The number of rotatable bonds is 7. The third-order valence-electron chi connectivity index (χ3n) is 5.24. The molecule has 5 nitrogen and oxygen atoms in total. The molecule has 0 saturated carbocycles. The second kappa shape index (κ2) is 8.87. The Kier molecular flexibility index (Phi) is 6.07. The number of nitrogens with zero attached hydrogens (tertiary/aromatic N) is 1. The van der Waals surface area contributed by atoms with Crippen LogP contribution >= 0.6 is 11.3 Å². The maximum atomic E-state index is 12.9. The molecule has 1 amide bonds. The minimum absolute atomic E-state index is 0.0303. The van der Waals surface area contributed by atoms with Gasteiger partial charge in [0.1, 0.15) is 12.4 Å². The van der Waals surface area contributed by atoms with Gasteiger partial charge in [-0.05, 0) is 48.4 Å². The molecule has 27 heavy (non-hydrogen) atoms. The van der Waals surface area contributed by atoms with Crippen LogP contribution in [-0.4, -0.2) is 49.8 Å². The third kappa shape index (κ3) is 4.51. The van der Waals surface area contributed by atoms with E-state index in [1.807, 2.05) is 35.2 Å². The Labute approximate surface area is 164 Å². The molecule has 1 N–H and O–H groups in total. The first-order valence-electron chi connectivity index (χ1n) is 9.67. The fourth-order valence-electron chi connectivity index (χ4n) is 3.81. The van der Waals surface area contributed by atoms with Gasteiger partial charge in [0, 0.05) is 24.6 Å². The van der Waals surface area contributed by atoms with Crippen molar-refractivity contribution < 1.29 is 14.3 Å². The number of carbonyl (C=O) groups is 1.